The molecule has 0 spiro atoms. The first kappa shape index (κ1) is 31.1. The highest BCUT2D eigenvalue weighted by molar-refractivity contribution is 8.14. The summed E-state index contributed by atoms with van der Waals surface area (Å²) in [6.45, 7) is 5.96. The van der Waals surface area contributed by atoms with Crippen LogP contribution in [0.15, 0.2) is 70.6 Å². The van der Waals surface area contributed by atoms with Gasteiger partial charge in [-0.3, -0.25) is 14.4 Å². The van der Waals surface area contributed by atoms with Crippen molar-refractivity contribution in [2.45, 2.75) is 50.5 Å². The second-order valence-corrected chi connectivity index (χ2v) is 13.1. The fourth-order valence-corrected chi connectivity index (χ4v) is 6.23. The first-order chi connectivity index (χ1) is 21.0. The van der Waals surface area contributed by atoms with Crippen molar-refractivity contribution in [2.75, 3.05) is 12.5 Å². The first-order valence-electron chi connectivity index (χ1n) is 14.0. The molecule has 2 heterocycles. The van der Waals surface area contributed by atoms with Gasteiger partial charge >= 0.3 is 0 Å². The molecule has 0 saturated carbocycles. The Hall–Kier alpha value is -4.36. The van der Waals surface area contributed by atoms with Crippen molar-refractivity contribution >= 4 is 44.7 Å². The molecule has 2 aliphatic rings. The van der Waals surface area contributed by atoms with Crippen LogP contribution in [0.4, 0.5) is 0 Å². The summed E-state index contributed by atoms with van der Waals surface area (Å²) in [5.74, 6) is -0.129. The van der Waals surface area contributed by atoms with Gasteiger partial charge in [0, 0.05) is 11.1 Å². The van der Waals surface area contributed by atoms with Crippen molar-refractivity contribution in [3.8, 4) is 17.2 Å². The maximum Gasteiger partial charge on any atom is 0.279 e. The normalized spacial score (nSPS) is 14.7. The van der Waals surface area contributed by atoms with Crippen LogP contribution >= 0.6 is 11.8 Å². The lowest BCUT2D eigenvalue weighted by Crippen LogP contribution is -2.37. The molecular weight excluding hydrogens is 606 g/mol. The number of thioether (sulfide) groups is 1. The van der Waals surface area contributed by atoms with Crippen molar-refractivity contribution in [3.05, 3.63) is 82.9 Å². The van der Waals surface area contributed by atoms with Crippen LogP contribution in [-0.4, -0.2) is 43.9 Å². The number of fused-ring (bicyclic) bond motifs is 1. The molecule has 0 radical (unpaired) electrons. The first-order valence-corrected chi connectivity index (χ1v) is 16.4. The topological polar surface area (TPSA) is 149 Å². The molecule has 3 aromatic rings. The Labute approximate surface area is 259 Å². The summed E-state index contributed by atoms with van der Waals surface area (Å²) in [4.78, 5) is 41.7. The van der Waals surface area contributed by atoms with Gasteiger partial charge in [-0.1, -0.05) is 57.2 Å². The lowest BCUT2D eigenvalue weighted by atomic mass is 10.0. The molecule has 2 N–H and O–H groups in total. The van der Waals surface area contributed by atoms with E-state index in [1.165, 1.54) is 18.2 Å². The molecule has 0 saturated heterocycles. The molecule has 0 fully saturated rings. The van der Waals surface area contributed by atoms with E-state index in [9.17, 15) is 22.8 Å². The predicted molar refractivity (Wildman–Crippen MR) is 165 cm³/mol. The number of amides is 3. The molecule has 1 atom stereocenters. The zero-order valence-corrected chi connectivity index (χ0v) is 25.9. The number of benzene rings is 3. The monoisotopic (exact) mass is 637 g/mol. The van der Waals surface area contributed by atoms with Gasteiger partial charge in [-0.15, -0.1) is 0 Å². The van der Waals surface area contributed by atoms with Crippen molar-refractivity contribution in [1.82, 2.24) is 10.0 Å². The van der Waals surface area contributed by atoms with Gasteiger partial charge in [0.25, 0.3) is 27.7 Å². The second-order valence-electron chi connectivity index (χ2n) is 10.4. The van der Waals surface area contributed by atoms with Crippen molar-refractivity contribution in [1.29, 1.82) is 0 Å². The molecule has 1 unspecified atom stereocenters. The lowest BCUT2D eigenvalue weighted by Gasteiger charge is -2.22. The Balaban J connectivity index is 1.44. The number of carbonyl (C=O) groups excluding carboxylic acids is 3. The number of ether oxygens (including phenoxy) is 3. The molecule has 13 heteroatoms. The summed E-state index contributed by atoms with van der Waals surface area (Å²) in [6, 6.07) is 15.8. The van der Waals surface area contributed by atoms with Crippen molar-refractivity contribution in [3.63, 3.8) is 0 Å². The fraction of sp³-hybridized carbons (Fsp3) is 0.290. The summed E-state index contributed by atoms with van der Waals surface area (Å²) in [7, 11) is -4.24. The van der Waals surface area contributed by atoms with Crippen LogP contribution in [0, 0.1) is 0 Å². The van der Waals surface area contributed by atoms with E-state index in [2.05, 4.69) is 15.0 Å². The number of amidine groups is 1. The van der Waals surface area contributed by atoms with Gasteiger partial charge < -0.3 is 19.5 Å². The van der Waals surface area contributed by atoms with E-state index in [-0.39, 0.29) is 34.4 Å². The van der Waals surface area contributed by atoms with Gasteiger partial charge in [0.1, 0.15) is 5.75 Å². The highest BCUT2D eigenvalue weighted by atomic mass is 32.2. The number of rotatable bonds is 10. The number of aliphatic imine (C=N–C) groups is 1. The third kappa shape index (κ3) is 7.05. The van der Waals surface area contributed by atoms with Crippen LogP contribution in [0.1, 0.15) is 66.3 Å². The Morgan fingerprint density at radius 2 is 1.73 bits per heavy atom. The number of sulfonamides is 1. The molecule has 44 heavy (non-hydrogen) atoms. The Bertz CT molecular complexity index is 1740. The largest absolute Gasteiger partial charge is 0.475 e. The standard InChI is InChI=1S/C31H31N3O8S2/c1-4-5-20-14-22(29(36)33-31-32-27(35)16-43-31)9-12-24(20)42-28(21-8-13-25-26(15-21)41-17-40-25)30(37)34-44(38,39)23-10-6-19(7-11-23)18(2)3/h6-15,18,28H,4-5,16-17H2,1-3H3,(H,34,37)(H,32,33,35,36). The Kier molecular flexibility index (Phi) is 9.25. The summed E-state index contributed by atoms with van der Waals surface area (Å²) < 4.78 is 45.8. The summed E-state index contributed by atoms with van der Waals surface area (Å²) in [5, 5.41) is 2.86. The molecule has 2 aliphatic heterocycles. The zero-order valence-electron chi connectivity index (χ0n) is 24.3. The Morgan fingerprint density at radius 3 is 2.41 bits per heavy atom. The van der Waals surface area contributed by atoms with Crippen LogP contribution in [0.25, 0.3) is 0 Å². The number of aryl methyl sites for hydroxylation is 1. The van der Waals surface area contributed by atoms with Gasteiger partial charge in [0.2, 0.25) is 12.9 Å². The van der Waals surface area contributed by atoms with E-state index in [0.717, 1.165) is 17.3 Å². The van der Waals surface area contributed by atoms with E-state index < -0.39 is 27.9 Å². The van der Waals surface area contributed by atoms with Crippen LogP contribution in [0.3, 0.4) is 0 Å². The average Bonchev–Trinajstić information content (AvgIpc) is 3.64. The van der Waals surface area contributed by atoms with Gasteiger partial charge in [-0.05, 0) is 65.9 Å². The highest BCUT2D eigenvalue weighted by Gasteiger charge is 2.30. The SMILES string of the molecule is CCCc1cc(C(=O)NC2=NC(=O)CS2)ccc1OC(C(=O)NS(=O)(=O)c1ccc(C(C)C)cc1)c1ccc2c(c1)OCO2. The van der Waals surface area contributed by atoms with E-state index in [1.807, 2.05) is 20.8 Å². The third-order valence-corrected chi connectivity index (χ3v) is 9.12. The molecule has 0 aromatic heterocycles. The van der Waals surface area contributed by atoms with E-state index in [0.29, 0.717) is 46.8 Å². The molecule has 11 nitrogen and oxygen atoms in total. The predicted octanol–water partition coefficient (Wildman–Crippen LogP) is 4.48. The van der Waals surface area contributed by atoms with Crippen LogP contribution in [0.5, 0.6) is 17.2 Å². The number of nitrogens with one attached hydrogen (secondary N) is 2. The molecule has 0 bridgehead atoms. The van der Waals surface area contributed by atoms with Crippen molar-refractivity contribution < 1.29 is 37.0 Å². The molecule has 3 aromatic carbocycles. The molecular formula is C31H31N3O8S2. The molecule has 0 aliphatic carbocycles. The minimum atomic E-state index is -4.24. The third-order valence-electron chi connectivity index (χ3n) is 6.90. The minimum Gasteiger partial charge on any atom is -0.475 e. The summed E-state index contributed by atoms with van der Waals surface area (Å²) in [5.41, 5.74) is 2.23. The Morgan fingerprint density at radius 1 is 1.00 bits per heavy atom. The van der Waals surface area contributed by atoms with Crippen LogP contribution in [-0.2, 0) is 26.0 Å². The molecule has 230 valence electrons. The highest BCUT2D eigenvalue weighted by Crippen LogP contribution is 2.36. The maximum absolute atomic E-state index is 13.7. The molecule has 3 amide bonds. The van der Waals surface area contributed by atoms with Crippen LogP contribution < -0.4 is 24.2 Å². The quantitative estimate of drug-likeness (QED) is 0.328. The van der Waals surface area contributed by atoms with Crippen LogP contribution in [0.2, 0.25) is 0 Å². The van der Waals surface area contributed by atoms with Gasteiger partial charge in [-0.25, -0.2) is 13.1 Å². The zero-order chi connectivity index (χ0) is 31.4. The van der Waals surface area contributed by atoms with E-state index >= 15 is 0 Å². The minimum absolute atomic E-state index is 0.0144. The van der Waals surface area contributed by atoms with Gasteiger partial charge in [-0.2, -0.15) is 4.99 Å². The number of hydrogen-bond acceptors (Lipinski definition) is 9. The maximum atomic E-state index is 13.7. The summed E-state index contributed by atoms with van der Waals surface area (Å²) >= 11 is 1.14. The van der Waals surface area contributed by atoms with Crippen molar-refractivity contribution in [2.24, 2.45) is 4.99 Å². The lowest BCUT2D eigenvalue weighted by molar-refractivity contribution is -0.126. The van der Waals surface area contributed by atoms with Gasteiger partial charge in [0.15, 0.2) is 16.7 Å². The van der Waals surface area contributed by atoms with Gasteiger partial charge in [0.05, 0.1) is 10.6 Å². The number of hydrogen-bond donors (Lipinski definition) is 2. The fourth-order valence-electron chi connectivity index (χ4n) is 4.59. The van der Waals surface area contributed by atoms with E-state index in [4.69, 9.17) is 14.2 Å². The second kappa shape index (κ2) is 13.1. The average molecular weight is 638 g/mol. The number of nitrogens with zero attached hydrogens (tertiary/aromatic N) is 1. The van der Waals surface area contributed by atoms with E-state index in [1.54, 1.807) is 42.5 Å². The molecule has 5 rings (SSSR count). The smallest absolute Gasteiger partial charge is 0.279 e. The summed E-state index contributed by atoms with van der Waals surface area (Å²) in [6.07, 6.45) is -0.208. The number of carbonyl (C=O) groups is 3.